The molecular formula is C22H25NO5. The molecule has 1 saturated heterocycles. The van der Waals surface area contributed by atoms with Crippen molar-refractivity contribution in [2.24, 2.45) is 11.8 Å². The fraction of sp³-hybridized carbons (Fsp3) is 0.545. The zero-order valence-corrected chi connectivity index (χ0v) is 15.9. The number of hydrogen-bond donors (Lipinski definition) is 0. The first kappa shape index (κ1) is 18.8. The molecule has 2 amide bonds. The second-order valence-corrected chi connectivity index (χ2v) is 8.03. The Bertz CT molecular complexity index is 806. The molecule has 2 fully saturated rings. The summed E-state index contributed by atoms with van der Waals surface area (Å²) in [4.78, 5) is 50.4. The van der Waals surface area contributed by atoms with Crippen LogP contribution in [-0.4, -0.2) is 41.6 Å². The summed E-state index contributed by atoms with van der Waals surface area (Å²) in [5, 5.41) is 0. The molecule has 0 bridgehead atoms. The zero-order valence-electron chi connectivity index (χ0n) is 15.9. The standard InChI is InChI=1S/C22H25NO5/c24-19(16-10-9-14-5-1-2-6-15(14)11-16)13-28-20(25)12-23-21(26)17-7-3-4-8-18(17)22(23)27/h9-11,17-18H,1-8,12-13H2/t17-,18+. The molecule has 1 aliphatic heterocycles. The van der Waals surface area contributed by atoms with Crippen LogP contribution in [0.25, 0.3) is 0 Å². The van der Waals surface area contributed by atoms with Crippen LogP contribution < -0.4 is 0 Å². The summed E-state index contributed by atoms with van der Waals surface area (Å²) in [5.74, 6) is -2.10. The van der Waals surface area contributed by atoms with Gasteiger partial charge in [0.2, 0.25) is 11.8 Å². The van der Waals surface area contributed by atoms with Crippen LogP contribution in [0.3, 0.4) is 0 Å². The number of benzene rings is 1. The number of ketones is 1. The number of fused-ring (bicyclic) bond motifs is 2. The largest absolute Gasteiger partial charge is 0.456 e. The van der Waals surface area contributed by atoms with E-state index in [4.69, 9.17) is 4.74 Å². The molecule has 4 rings (SSSR count). The van der Waals surface area contributed by atoms with Gasteiger partial charge < -0.3 is 4.74 Å². The molecule has 1 aromatic carbocycles. The van der Waals surface area contributed by atoms with Crippen LogP contribution in [0.4, 0.5) is 0 Å². The van der Waals surface area contributed by atoms with E-state index < -0.39 is 12.5 Å². The predicted molar refractivity (Wildman–Crippen MR) is 101 cm³/mol. The van der Waals surface area contributed by atoms with Crippen LogP contribution in [0.15, 0.2) is 18.2 Å². The third-order valence-corrected chi connectivity index (χ3v) is 6.25. The molecule has 1 heterocycles. The Morgan fingerprint density at radius 3 is 2.25 bits per heavy atom. The van der Waals surface area contributed by atoms with Crippen molar-refractivity contribution in [2.75, 3.05) is 13.2 Å². The quantitative estimate of drug-likeness (QED) is 0.443. The van der Waals surface area contributed by atoms with Gasteiger partial charge in [-0.15, -0.1) is 0 Å². The van der Waals surface area contributed by atoms with Crippen LogP contribution in [0.2, 0.25) is 0 Å². The number of Topliss-reactive ketones (excluding diaryl/α,β-unsaturated/α-hetero) is 1. The normalized spacial score (nSPS) is 23.9. The van der Waals surface area contributed by atoms with Crippen molar-refractivity contribution < 1.29 is 23.9 Å². The summed E-state index contributed by atoms with van der Waals surface area (Å²) >= 11 is 0. The molecule has 1 aromatic rings. The van der Waals surface area contributed by atoms with E-state index in [1.165, 1.54) is 17.5 Å². The van der Waals surface area contributed by atoms with E-state index in [-0.39, 0.29) is 36.0 Å². The minimum Gasteiger partial charge on any atom is -0.456 e. The van der Waals surface area contributed by atoms with Gasteiger partial charge in [-0.25, -0.2) is 0 Å². The van der Waals surface area contributed by atoms with Gasteiger partial charge in [0.1, 0.15) is 6.54 Å². The SMILES string of the molecule is O=C(CN1C(=O)[C@H]2CCCC[C@H]2C1=O)OCC(=O)c1ccc2c(c1)CCCC2. The molecule has 0 spiro atoms. The highest BCUT2D eigenvalue weighted by Gasteiger charge is 2.48. The first-order valence-electron chi connectivity index (χ1n) is 10.2. The van der Waals surface area contributed by atoms with E-state index in [1.807, 2.05) is 12.1 Å². The van der Waals surface area contributed by atoms with Crippen LogP contribution in [-0.2, 0) is 32.0 Å². The van der Waals surface area contributed by atoms with Crippen molar-refractivity contribution >= 4 is 23.6 Å². The number of esters is 1. The summed E-state index contributed by atoms with van der Waals surface area (Å²) in [6.07, 6.45) is 7.60. The van der Waals surface area contributed by atoms with Gasteiger partial charge in [0.15, 0.2) is 12.4 Å². The first-order chi connectivity index (χ1) is 13.5. The Hall–Kier alpha value is -2.50. The number of carbonyl (C=O) groups is 4. The van der Waals surface area contributed by atoms with E-state index in [9.17, 15) is 19.2 Å². The third kappa shape index (κ3) is 3.60. The fourth-order valence-corrected chi connectivity index (χ4v) is 4.70. The Morgan fingerprint density at radius 1 is 0.929 bits per heavy atom. The average molecular weight is 383 g/mol. The molecule has 6 nitrogen and oxygen atoms in total. The Labute approximate surface area is 164 Å². The molecule has 2 atom stereocenters. The number of ether oxygens (including phenoxy) is 1. The molecule has 3 aliphatic rings. The maximum Gasteiger partial charge on any atom is 0.326 e. The van der Waals surface area contributed by atoms with Gasteiger partial charge in [-0.05, 0) is 55.7 Å². The second-order valence-electron chi connectivity index (χ2n) is 8.03. The lowest BCUT2D eigenvalue weighted by Gasteiger charge is -2.19. The molecule has 148 valence electrons. The number of rotatable bonds is 5. The van der Waals surface area contributed by atoms with E-state index in [0.717, 1.165) is 37.0 Å². The molecule has 6 heteroatoms. The van der Waals surface area contributed by atoms with Crippen molar-refractivity contribution in [3.8, 4) is 0 Å². The molecule has 28 heavy (non-hydrogen) atoms. The molecule has 0 N–H and O–H groups in total. The van der Waals surface area contributed by atoms with Gasteiger partial charge in [0.05, 0.1) is 11.8 Å². The van der Waals surface area contributed by atoms with Gasteiger partial charge in [-0.2, -0.15) is 0 Å². The fourth-order valence-electron chi connectivity index (χ4n) is 4.70. The number of hydrogen-bond acceptors (Lipinski definition) is 5. The highest BCUT2D eigenvalue weighted by Crippen LogP contribution is 2.37. The second kappa shape index (κ2) is 7.86. The minimum absolute atomic E-state index is 0.269. The van der Waals surface area contributed by atoms with E-state index in [0.29, 0.717) is 18.4 Å². The van der Waals surface area contributed by atoms with Gasteiger partial charge >= 0.3 is 5.97 Å². The minimum atomic E-state index is -0.716. The number of carbonyl (C=O) groups excluding carboxylic acids is 4. The lowest BCUT2D eigenvalue weighted by atomic mass is 9.81. The van der Waals surface area contributed by atoms with Crippen molar-refractivity contribution in [3.63, 3.8) is 0 Å². The number of nitrogens with zero attached hydrogens (tertiary/aromatic N) is 1. The van der Waals surface area contributed by atoms with Gasteiger partial charge in [-0.1, -0.05) is 25.0 Å². The van der Waals surface area contributed by atoms with Crippen LogP contribution in [0.5, 0.6) is 0 Å². The summed E-state index contributed by atoms with van der Waals surface area (Å²) in [6, 6.07) is 5.65. The summed E-state index contributed by atoms with van der Waals surface area (Å²) in [6.45, 7) is -0.775. The Morgan fingerprint density at radius 2 is 1.57 bits per heavy atom. The third-order valence-electron chi connectivity index (χ3n) is 6.25. The van der Waals surface area contributed by atoms with Crippen molar-refractivity contribution in [1.29, 1.82) is 0 Å². The lowest BCUT2D eigenvalue weighted by Crippen LogP contribution is -2.37. The van der Waals surface area contributed by atoms with E-state index in [1.54, 1.807) is 6.07 Å². The van der Waals surface area contributed by atoms with Gasteiger partial charge in [-0.3, -0.25) is 24.1 Å². The maximum absolute atomic E-state index is 12.4. The van der Waals surface area contributed by atoms with E-state index in [2.05, 4.69) is 0 Å². The van der Waals surface area contributed by atoms with Crippen LogP contribution >= 0.6 is 0 Å². The van der Waals surface area contributed by atoms with Gasteiger partial charge in [0, 0.05) is 5.56 Å². The maximum atomic E-state index is 12.4. The van der Waals surface area contributed by atoms with Crippen molar-refractivity contribution in [1.82, 2.24) is 4.90 Å². The number of likely N-dealkylation sites (tertiary alicyclic amines) is 1. The topological polar surface area (TPSA) is 80.8 Å². The average Bonchev–Trinajstić information content (AvgIpc) is 2.97. The van der Waals surface area contributed by atoms with E-state index >= 15 is 0 Å². The van der Waals surface area contributed by atoms with Crippen molar-refractivity contribution in [3.05, 3.63) is 34.9 Å². The smallest absolute Gasteiger partial charge is 0.326 e. The molecule has 2 aliphatic carbocycles. The summed E-state index contributed by atoms with van der Waals surface area (Å²) in [5.41, 5.74) is 3.01. The molecular weight excluding hydrogens is 358 g/mol. The molecule has 0 aromatic heterocycles. The zero-order chi connectivity index (χ0) is 19.7. The first-order valence-corrected chi connectivity index (χ1v) is 10.2. The highest BCUT2D eigenvalue weighted by molar-refractivity contribution is 6.07. The number of amides is 2. The Balaban J connectivity index is 1.32. The predicted octanol–water partition coefficient (Wildman–Crippen LogP) is 2.47. The summed E-state index contributed by atoms with van der Waals surface area (Å²) < 4.78 is 5.08. The monoisotopic (exact) mass is 383 g/mol. The lowest BCUT2D eigenvalue weighted by molar-refractivity contribution is -0.152. The Kier molecular flexibility index (Phi) is 5.29. The van der Waals surface area contributed by atoms with Gasteiger partial charge in [0.25, 0.3) is 0 Å². The highest BCUT2D eigenvalue weighted by atomic mass is 16.5. The molecule has 0 radical (unpaired) electrons. The number of aryl methyl sites for hydroxylation is 2. The van der Waals surface area contributed by atoms with Crippen molar-refractivity contribution in [2.45, 2.75) is 51.4 Å². The summed E-state index contributed by atoms with van der Waals surface area (Å²) in [7, 11) is 0. The number of imide groups is 1. The van der Waals surface area contributed by atoms with Crippen LogP contribution in [0.1, 0.15) is 60.0 Å². The van der Waals surface area contributed by atoms with Crippen LogP contribution in [0, 0.1) is 11.8 Å². The molecule has 0 unspecified atom stereocenters. The molecule has 1 saturated carbocycles.